The monoisotopic (exact) mass is 654 g/mol. The zero-order chi connectivity index (χ0) is 33.7. The van der Waals surface area contributed by atoms with E-state index >= 15 is 0 Å². The van der Waals surface area contributed by atoms with Crippen LogP contribution >= 0.6 is 0 Å². The molecule has 0 radical (unpaired) electrons. The third kappa shape index (κ3) is 5.06. The van der Waals surface area contributed by atoms with Crippen molar-refractivity contribution in [1.82, 2.24) is 19.5 Å². The van der Waals surface area contributed by atoms with Gasteiger partial charge in [-0.3, -0.25) is 0 Å². The minimum atomic E-state index is 0.537. The molecule has 10 rings (SSSR count). The maximum absolute atomic E-state index is 6.43. The lowest BCUT2D eigenvalue weighted by atomic mass is 10.0. The zero-order valence-electron chi connectivity index (χ0n) is 27.6. The van der Waals surface area contributed by atoms with Crippen molar-refractivity contribution in [2.75, 3.05) is 0 Å². The maximum Gasteiger partial charge on any atom is 0.163 e. The average Bonchev–Trinajstić information content (AvgIpc) is 3.74. The van der Waals surface area contributed by atoms with E-state index in [1.807, 2.05) is 66.7 Å². The fourth-order valence-corrected chi connectivity index (χ4v) is 7.32. The molecule has 0 N–H and O–H groups in total. The van der Waals surface area contributed by atoms with Crippen LogP contribution in [0.1, 0.15) is 11.4 Å². The lowest BCUT2D eigenvalue weighted by molar-refractivity contribution is 0.669. The molecule has 0 fully saturated rings. The van der Waals surface area contributed by atoms with Gasteiger partial charge >= 0.3 is 0 Å². The third-order valence-corrected chi connectivity index (χ3v) is 9.69. The van der Waals surface area contributed by atoms with Gasteiger partial charge < -0.3 is 8.98 Å². The van der Waals surface area contributed by atoms with Gasteiger partial charge in [0.05, 0.1) is 11.0 Å². The van der Waals surface area contributed by atoms with E-state index in [0.29, 0.717) is 18.1 Å². The summed E-state index contributed by atoms with van der Waals surface area (Å²) in [5, 5.41) is 4.57. The molecule has 0 aliphatic rings. The fraction of sp³-hybridized carbons (Fsp3) is 0.0217. The van der Waals surface area contributed by atoms with Gasteiger partial charge in [-0.05, 0) is 53.1 Å². The lowest BCUT2D eigenvalue weighted by Crippen LogP contribution is -2.05. The van der Waals surface area contributed by atoms with Crippen LogP contribution in [0.25, 0.3) is 83.3 Å². The highest BCUT2D eigenvalue weighted by Crippen LogP contribution is 2.38. The van der Waals surface area contributed by atoms with Crippen LogP contribution in [0.15, 0.2) is 174 Å². The molecule has 3 heterocycles. The Balaban J connectivity index is 1.15. The Labute approximate surface area is 294 Å². The predicted octanol–water partition coefficient (Wildman–Crippen LogP) is 11.5. The first-order valence-electron chi connectivity index (χ1n) is 17.2. The van der Waals surface area contributed by atoms with Crippen molar-refractivity contribution >= 4 is 43.7 Å². The van der Waals surface area contributed by atoms with Gasteiger partial charge in [-0.2, -0.15) is 0 Å². The number of fused-ring (bicyclic) bond motifs is 6. The number of rotatable bonds is 6. The van der Waals surface area contributed by atoms with Crippen LogP contribution in [0.3, 0.4) is 0 Å². The van der Waals surface area contributed by atoms with Crippen LogP contribution in [0.5, 0.6) is 0 Å². The van der Waals surface area contributed by atoms with Crippen LogP contribution < -0.4 is 0 Å². The second kappa shape index (κ2) is 11.9. The molecule has 0 spiro atoms. The van der Waals surface area contributed by atoms with E-state index in [4.69, 9.17) is 19.4 Å². The topological polar surface area (TPSA) is 56.7 Å². The summed E-state index contributed by atoms with van der Waals surface area (Å²) >= 11 is 0. The van der Waals surface area contributed by atoms with E-state index in [9.17, 15) is 0 Å². The summed E-state index contributed by atoms with van der Waals surface area (Å²) in [5.41, 5.74) is 10.5. The standard InChI is InChI=1S/C46H30N4O/c1-4-13-30(14-5-1)33-23-25-37-39-29-35(24-26-41(39)51-42(37)27-33)50-40-22-11-10-20-36(40)38-21-12-19-34(44(38)50)28-43-47-45(31-15-6-2-7-16-31)49-46(48-43)32-17-8-3-9-18-32/h1-27,29H,28H2. The molecule has 5 nitrogen and oxygen atoms in total. The summed E-state index contributed by atoms with van der Waals surface area (Å²) in [6.45, 7) is 0. The zero-order valence-corrected chi connectivity index (χ0v) is 27.6. The number of nitrogens with zero attached hydrogens (tertiary/aromatic N) is 4. The van der Waals surface area contributed by atoms with E-state index in [1.54, 1.807) is 0 Å². The largest absolute Gasteiger partial charge is 0.456 e. The second-order valence-corrected chi connectivity index (χ2v) is 12.8. The lowest BCUT2D eigenvalue weighted by Gasteiger charge is -2.12. The van der Waals surface area contributed by atoms with E-state index in [1.165, 1.54) is 16.3 Å². The van der Waals surface area contributed by atoms with Crippen LogP contribution in [-0.4, -0.2) is 19.5 Å². The molecule has 0 saturated heterocycles. The Morgan fingerprint density at radius 1 is 0.431 bits per heavy atom. The highest BCUT2D eigenvalue weighted by Gasteiger charge is 2.19. The number of furan rings is 1. The van der Waals surface area contributed by atoms with Gasteiger partial charge in [0, 0.05) is 44.8 Å². The van der Waals surface area contributed by atoms with Crippen molar-refractivity contribution in [3.05, 3.63) is 181 Å². The Hall–Kier alpha value is -6.85. The molecule has 5 heteroatoms. The Kier molecular flexibility index (Phi) is 6.81. The van der Waals surface area contributed by atoms with Crippen LogP contribution in [0.2, 0.25) is 0 Å². The molecule has 0 amide bonds. The van der Waals surface area contributed by atoms with Crippen molar-refractivity contribution in [1.29, 1.82) is 0 Å². The summed E-state index contributed by atoms with van der Waals surface area (Å²) in [4.78, 5) is 15.0. The van der Waals surface area contributed by atoms with Crippen molar-refractivity contribution in [3.63, 3.8) is 0 Å². The van der Waals surface area contributed by atoms with Gasteiger partial charge in [0.15, 0.2) is 11.6 Å². The van der Waals surface area contributed by atoms with Crippen molar-refractivity contribution in [3.8, 4) is 39.6 Å². The van der Waals surface area contributed by atoms with Gasteiger partial charge in [0.1, 0.15) is 17.0 Å². The number of hydrogen-bond acceptors (Lipinski definition) is 4. The molecule has 3 aromatic heterocycles. The number of benzene rings is 7. The molecular weight excluding hydrogens is 625 g/mol. The summed E-state index contributed by atoms with van der Waals surface area (Å²) < 4.78 is 8.81. The Morgan fingerprint density at radius 3 is 1.80 bits per heavy atom. The van der Waals surface area contributed by atoms with E-state index in [2.05, 4.69) is 108 Å². The first-order chi connectivity index (χ1) is 25.3. The SMILES string of the molecule is c1ccc(-c2ccc3c(c2)oc2ccc(-n4c5ccccc5c5cccc(Cc6nc(-c7ccccc7)nc(-c7ccccc7)n6)c54)cc23)cc1. The molecule has 0 aliphatic carbocycles. The van der Waals surface area contributed by atoms with E-state index < -0.39 is 0 Å². The predicted molar refractivity (Wildman–Crippen MR) is 207 cm³/mol. The summed E-state index contributed by atoms with van der Waals surface area (Å²) in [6.07, 6.45) is 0.537. The highest BCUT2D eigenvalue weighted by atomic mass is 16.3. The number of para-hydroxylation sites is 2. The minimum Gasteiger partial charge on any atom is -0.456 e. The van der Waals surface area contributed by atoms with Crippen molar-refractivity contribution in [2.45, 2.75) is 6.42 Å². The quantitative estimate of drug-likeness (QED) is 0.179. The van der Waals surface area contributed by atoms with Crippen molar-refractivity contribution < 1.29 is 4.42 Å². The molecule has 0 atom stereocenters. The van der Waals surface area contributed by atoms with Gasteiger partial charge in [0.2, 0.25) is 0 Å². The van der Waals surface area contributed by atoms with Crippen LogP contribution in [0, 0.1) is 0 Å². The van der Waals surface area contributed by atoms with Gasteiger partial charge in [-0.25, -0.2) is 15.0 Å². The smallest absolute Gasteiger partial charge is 0.163 e. The Morgan fingerprint density at radius 2 is 1.08 bits per heavy atom. The summed E-state index contributed by atoms with van der Waals surface area (Å²) in [7, 11) is 0. The second-order valence-electron chi connectivity index (χ2n) is 12.8. The third-order valence-electron chi connectivity index (χ3n) is 9.69. The molecule has 7 aromatic carbocycles. The minimum absolute atomic E-state index is 0.537. The number of aromatic nitrogens is 4. The van der Waals surface area contributed by atoms with Crippen LogP contribution in [-0.2, 0) is 6.42 Å². The van der Waals surface area contributed by atoms with Crippen LogP contribution in [0.4, 0.5) is 0 Å². The normalized spacial score (nSPS) is 11.6. The summed E-state index contributed by atoms with van der Waals surface area (Å²) in [5.74, 6) is 2.05. The molecule has 0 saturated carbocycles. The van der Waals surface area contributed by atoms with Crippen molar-refractivity contribution in [2.24, 2.45) is 0 Å². The van der Waals surface area contributed by atoms with E-state index in [-0.39, 0.29) is 0 Å². The van der Waals surface area contributed by atoms with Gasteiger partial charge in [-0.1, -0.05) is 133 Å². The molecule has 0 bridgehead atoms. The molecule has 10 aromatic rings. The maximum atomic E-state index is 6.43. The van der Waals surface area contributed by atoms with Gasteiger partial charge in [-0.15, -0.1) is 0 Å². The summed E-state index contributed by atoms with van der Waals surface area (Å²) in [6, 6.07) is 58.9. The fourth-order valence-electron chi connectivity index (χ4n) is 7.32. The average molecular weight is 655 g/mol. The molecule has 51 heavy (non-hydrogen) atoms. The van der Waals surface area contributed by atoms with Gasteiger partial charge in [0.25, 0.3) is 0 Å². The molecule has 240 valence electrons. The first-order valence-corrected chi connectivity index (χ1v) is 17.2. The van der Waals surface area contributed by atoms with E-state index in [0.717, 1.165) is 66.7 Å². The molecule has 0 aliphatic heterocycles. The molecular formula is C46H30N4O. The highest BCUT2D eigenvalue weighted by molar-refractivity contribution is 6.11. The number of hydrogen-bond donors (Lipinski definition) is 0. The first kappa shape index (κ1) is 29.1. The Bertz CT molecular complexity index is 2820. The molecule has 0 unspecified atom stereocenters.